The molecular formula is C26H17Cl2N5S. The van der Waals surface area contributed by atoms with Gasteiger partial charge in [0.25, 0.3) is 0 Å². The minimum atomic E-state index is -0.142. The fourth-order valence-corrected chi connectivity index (χ4v) is 5.45. The molecule has 1 unspecified atom stereocenters. The lowest BCUT2D eigenvalue weighted by Gasteiger charge is -2.14. The summed E-state index contributed by atoms with van der Waals surface area (Å²) in [6.07, 6.45) is 2.15. The van der Waals surface area contributed by atoms with Gasteiger partial charge in [0, 0.05) is 21.5 Å². The Morgan fingerprint density at radius 2 is 1.59 bits per heavy atom. The van der Waals surface area contributed by atoms with Crippen LogP contribution in [0.25, 0.3) is 28.0 Å². The molecule has 0 amide bonds. The standard InChI is InChI=1S/C26H17Cl2N5S/c27-19-12-10-16(11-13-19)22-15-23(20-14-18-8-4-5-9-21(18)29-24(20)28)34-26-31-30-25(33(26)32-22)17-6-2-1-3-7-17/h1-15,23,32H. The largest absolute Gasteiger partial charge is 0.290 e. The molecular weight excluding hydrogens is 485 g/mol. The molecule has 2 aromatic heterocycles. The highest BCUT2D eigenvalue weighted by atomic mass is 35.5. The SMILES string of the molecule is Clc1ccc(C2=CC(c3cc4ccccc4nc3Cl)Sc3nnc(-c4ccccc4)n3N2)cc1. The van der Waals surface area contributed by atoms with Gasteiger partial charge in [-0.25, -0.2) is 9.66 Å². The van der Waals surface area contributed by atoms with Crippen molar-refractivity contribution in [3.8, 4) is 11.4 Å². The van der Waals surface area contributed by atoms with Crippen LogP contribution in [0.1, 0.15) is 16.4 Å². The lowest BCUT2D eigenvalue weighted by atomic mass is 10.1. The molecule has 0 fully saturated rings. The van der Waals surface area contributed by atoms with Gasteiger partial charge in [-0.2, -0.15) is 0 Å². The Labute approximate surface area is 210 Å². The molecule has 3 heterocycles. The molecule has 5 nitrogen and oxygen atoms in total. The molecule has 8 heteroatoms. The molecule has 0 saturated heterocycles. The number of fused-ring (bicyclic) bond motifs is 2. The second kappa shape index (κ2) is 8.80. The summed E-state index contributed by atoms with van der Waals surface area (Å²) >= 11 is 14.4. The van der Waals surface area contributed by atoms with Crippen LogP contribution in [-0.2, 0) is 0 Å². The van der Waals surface area contributed by atoms with Crippen LogP contribution in [0.3, 0.4) is 0 Å². The first kappa shape index (κ1) is 21.2. The first-order valence-corrected chi connectivity index (χ1v) is 12.3. The number of pyridine rings is 1. The van der Waals surface area contributed by atoms with Crippen LogP contribution in [0.15, 0.2) is 96.2 Å². The molecule has 166 valence electrons. The van der Waals surface area contributed by atoms with E-state index in [0.29, 0.717) is 10.2 Å². The average molecular weight is 502 g/mol. The third-order valence-corrected chi connectivity index (χ3v) is 7.29. The number of nitrogens with one attached hydrogen (secondary N) is 1. The number of nitrogens with zero attached hydrogens (tertiary/aromatic N) is 4. The molecule has 0 bridgehead atoms. The quantitative estimate of drug-likeness (QED) is 0.264. The maximum absolute atomic E-state index is 6.70. The van der Waals surface area contributed by atoms with E-state index in [1.807, 2.05) is 83.5 Å². The maximum Gasteiger partial charge on any atom is 0.211 e. The van der Waals surface area contributed by atoms with E-state index in [1.165, 1.54) is 0 Å². The fraction of sp³-hybridized carbons (Fsp3) is 0.0385. The van der Waals surface area contributed by atoms with Crippen molar-refractivity contribution in [3.63, 3.8) is 0 Å². The van der Waals surface area contributed by atoms with E-state index in [4.69, 9.17) is 23.2 Å². The number of aromatic nitrogens is 4. The highest BCUT2D eigenvalue weighted by Crippen LogP contribution is 2.43. The molecule has 1 atom stereocenters. The van der Waals surface area contributed by atoms with Crippen molar-refractivity contribution in [3.05, 3.63) is 112 Å². The van der Waals surface area contributed by atoms with Gasteiger partial charge in [0.1, 0.15) is 5.15 Å². The lowest BCUT2D eigenvalue weighted by molar-refractivity contribution is 0.831. The van der Waals surface area contributed by atoms with Crippen molar-refractivity contribution in [1.82, 2.24) is 19.9 Å². The van der Waals surface area contributed by atoms with Gasteiger partial charge in [-0.05, 0) is 35.9 Å². The van der Waals surface area contributed by atoms with Crippen molar-refractivity contribution in [2.45, 2.75) is 10.4 Å². The van der Waals surface area contributed by atoms with Crippen LogP contribution in [0.4, 0.5) is 0 Å². The Hall–Kier alpha value is -3.32. The van der Waals surface area contributed by atoms with Gasteiger partial charge in [-0.1, -0.05) is 95.6 Å². The zero-order valence-electron chi connectivity index (χ0n) is 17.7. The molecule has 1 N–H and O–H groups in total. The number of hydrogen-bond donors (Lipinski definition) is 1. The summed E-state index contributed by atoms with van der Waals surface area (Å²) < 4.78 is 1.92. The summed E-state index contributed by atoms with van der Waals surface area (Å²) in [5.41, 5.74) is 8.15. The van der Waals surface area contributed by atoms with Crippen molar-refractivity contribution in [2.75, 3.05) is 5.43 Å². The maximum atomic E-state index is 6.70. The summed E-state index contributed by atoms with van der Waals surface area (Å²) in [4.78, 5) is 4.64. The zero-order valence-corrected chi connectivity index (χ0v) is 20.0. The van der Waals surface area contributed by atoms with Crippen LogP contribution in [0.2, 0.25) is 10.2 Å². The molecule has 0 saturated carbocycles. The predicted molar refractivity (Wildman–Crippen MR) is 140 cm³/mol. The minimum absolute atomic E-state index is 0.142. The lowest BCUT2D eigenvalue weighted by Crippen LogP contribution is -2.15. The van der Waals surface area contributed by atoms with Crippen LogP contribution in [-0.4, -0.2) is 19.9 Å². The number of benzene rings is 3. The normalized spacial score (nSPS) is 15.4. The van der Waals surface area contributed by atoms with E-state index in [2.05, 4.69) is 32.7 Å². The Bertz CT molecular complexity index is 1530. The second-order valence-corrected chi connectivity index (χ2v) is 9.71. The van der Waals surface area contributed by atoms with Crippen molar-refractivity contribution in [1.29, 1.82) is 0 Å². The van der Waals surface area contributed by atoms with Gasteiger partial charge in [-0.15, -0.1) is 10.2 Å². The molecule has 6 rings (SSSR count). The van der Waals surface area contributed by atoms with Crippen LogP contribution in [0, 0.1) is 0 Å². The van der Waals surface area contributed by atoms with E-state index >= 15 is 0 Å². The summed E-state index contributed by atoms with van der Waals surface area (Å²) in [5, 5.41) is 11.8. The molecule has 5 aromatic rings. The van der Waals surface area contributed by atoms with Gasteiger partial charge in [0.15, 0.2) is 5.82 Å². The van der Waals surface area contributed by atoms with Crippen molar-refractivity contribution in [2.24, 2.45) is 0 Å². The Kier molecular flexibility index (Phi) is 5.49. The van der Waals surface area contributed by atoms with Gasteiger partial charge >= 0.3 is 0 Å². The average Bonchev–Trinajstić information content (AvgIpc) is 3.15. The van der Waals surface area contributed by atoms with E-state index in [9.17, 15) is 0 Å². The first-order valence-electron chi connectivity index (χ1n) is 10.6. The summed E-state index contributed by atoms with van der Waals surface area (Å²) in [5.74, 6) is 0.728. The molecule has 0 aliphatic carbocycles. The first-order chi connectivity index (χ1) is 16.7. The molecule has 0 spiro atoms. The van der Waals surface area contributed by atoms with Crippen LogP contribution >= 0.6 is 35.0 Å². The minimum Gasteiger partial charge on any atom is -0.290 e. The van der Waals surface area contributed by atoms with Crippen LogP contribution in [0.5, 0.6) is 0 Å². The summed E-state index contributed by atoms with van der Waals surface area (Å²) in [7, 11) is 0. The van der Waals surface area contributed by atoms with E-state index in [-0.39, 0.29) is 5.25 Å². The van der Waals surface area contributed by atoms with E-state index in [0.717, 1.165) is 44.3 Å². The Balaban J connectivity index is 1.52. The monoisotopic (exact) mass is 501 g/mol. The van der Waals surface area contributed by atoms with Crippen LogP contribution < -0.4 is 5.43 Å². The van der Waals surface area contributed by atoms with Crippen molar-refractivity contribution < 1.29 is 0 Å². The molecule has 0 radical (unpaired) electrons. The number of para-hydroxylation sites is 1. The third kappa shape index (κ3) is 3.94. The molecule has 1 aliphatic heterocycles. The van der Waals surface area contributed by atoms with E-state index in [1.54, 1.807) is 11.8 Å². The van der Waals surface area contributed by atoms with E-state index < -0.39 is 0 Å². The van der Waals surface area contributed by atoms with Gasteiger partial charge < -0.3 is 0 Å². The second-order valence-electron chi connectivity index (χ2n) is 7.81. The summed E-state index contributed by atoms with van der Waals surface area (Å²) in [6, 6.07) is 27.8. The van der Waals surface area contributed by atoms with Crippen molar-refractivity contribution >= 4 is 51.6 Å². The third-order valence-electron chi connectivity index (χ3n) is 5.61. The number of rotatable bonds is 3. The van der Waals surface area contributed by atoms with Gasteiger partial charge in [0.2, 0.25) is 5.16 Å². The topological polar surface area (TPSA) is 55.6 Å². The smallest absolute Gasteiger partial charge is 0.211 e. The zero-order chi connectivity index (χ0) is 23.1. The van der Waals surface area contributed by atoms with Gasteiger partial charge in [-0.3, -0.25) is 5.43 Å². The Morgan fingerprint density at radius 1 is 0.824 bits per heavy atom. The fourth-order valence-electron chi connectivity index (χ4n) is 3.93. The number of halogens is 2. The number of hydrogen-bond acceptors (Lipinski definition) is 5. The van der Waals surface area contributed by atoms with Gasteiger partial charge in [0.05, 0.1) is 16.5 Å². The highest BCUT2D eigenvalue weighted by molar-refractivity contribution is 7.99. The Morgan fingerprint density at radius 3 is 2.41 bits per heavy atom. The molecule has 3 aromatic carbocycles. The summed E-state index contributed by atoms with van der Waals surface area (Å²) in [6.45, 7) is 0. The molecule has 34 heavy (non-hydrogen) atoms. The number of thioether (sulfide) groups is 1. The highest BCUT2D eigenvalue weighted by Gasteiger charge is 2.26. The predicted octanol–water partition coefficient (Wildman–Crippen LogP) is 7.23. The molecule has 1 aliphatic rings.